The Labute approximate surface area is 141 Å². The van der Waals surface area contributed by atoms with Crippen LogP contribution in [0, 0.1) is 6.92 Å². The number of nitrogens with zero attached hydrogens (tertiary/aromatic N) is 1. The molecule has 1 aromatic carbocycles. The molecule has 0 fully saturated rings. The maximum absolute atomic E-state index is 12.5. The number of pyridine rings is 1. The lowest BCUT2D eigenvalue weighted by Crippen LogP contribution is -2.42. The molecule has 7 nitrogen and oxygen atoms in total. The summed E-state index contributed by atoms with van der Waals surface area (Å²) in [5, 5.41) is 2.48. The number of hydrogen-bond acceptors (Lipinski definition) is 5. The van der Waals surface area contributed by atoms with Crippen molar-refractivity contribution in [3.63, 3.8) is 0 Å². The summed E-state index contributed by atoms with van der Waals surface area (Å²) in [5.41, 5.74) is 7.60. The van der Waals surface area contributed by atoms with Gasteiger partial charge in [0.1, 0.15) is 5.82 Å². The predicted molar refractivity (Wildman–Crippen MR) is 92.8 cm³/mol. The molecule has 0 spiro atoms. The zero-order valence-electron chi connectivity index (χ0n) is 13.7. The smallest absolute Gasteiger partial charge is 0.328 e. The molecule has 0 aliphatic rings. The van der Waals surface area contributed by atoms with Gasteiger partial charge in [-0.05, 0) is 50.1 Å². The third-order valence-corrected chi connectivity index (χ3v) is 4.75. The second-order valence-corrected chi connectivity index (χ2v) is 7.30. The van der Waals surface area contributed by atoms with E-state index >= 15 is 0 Å². The Kier molecular flexibility index (Phi) is 5.08. The van der Waals surface area contributed by atoms with Gasteiger partial charge in [-0.25, -0.2) is 22.9 Å². The predicted octanol–water partition coefficient (Wildman–Crippen LogP) is 2.04. The van der Waals surface area contributed by atoms with E-state index in [4.69, 9.17) is 5.73 Å². The minimum Gasteiger partial charge on any atom is -0.383 e. The maximum atomic E-state index is 12.5. The Bertz CT molecular complexity index is 863. The minimum atomic E-state index is -4.00. The first kappa shape index (κ1) is 17.7. The van der Waals surface area contributed by atoms with Crippen molar-refractivity contribution in [2.75, 3.05) is 5.73 Å². The molecule has 2 rings (SSSR count). The van der Waals surface area contributed by atoms with E-state index in [0.29, 0.717) is 22.5 Å². The molecule has 1 aromatic heterocycles. The number of carbonyl (C=O) groups excluding carboxylic acids is 1. The van der Waals surface area contributed by atoms with Crippen LogP contribution in [0.5, 0.6) is 0 Å². The molecule has 8 heteroatoms. The van der Waals surface area contributed by atoms with Gasteiger partial charge in [0.2, 0.25) is 0 Å². The fraction of sp³-hybridized carbons (Fsp3) is 0.250. The lowest BCUT2D eigenvalue weighted by atomic mass is 10.1. The average Bonchev–Trinajstić information content (AvgIpc) is 2.46. The normalized spacial score (nSPS) is 11.3. The summed E-state index contributed by atoms with van der Waals surface area (Å²) in [5.74, 6) is 0.301. The molecule has 24 heavy (non-hydrogen) atoms. The van der Waals surface area contributed by atoms with Gasteiger partial charge in [0.15, 0.2) is 0 Å². The zero-order chi connectivity index (χ0) is 17.9. The highest BCUT2D eigenvalue weighted by Gasteiger charge is 2.21. The maximum Gasteiger partial charge on any atom is 0.328 e. The first-order valence-electron chi connectivity index (χ1n) is 7.35. The number of nitrogen functional groups attached to an aromatic ring is 1. The van der Waals surface area contributed by atoms with Crippen molar-refractivity contribution < 1.29 is 13.2 Å². The topological polar surface area (TPSA) is 114 Å². The van der Waals surface area contributed by atoms with Crippen LogP contribution >= 0.6 is 0 Å². The molecular weight excluding hydrogens is 328 g/mol. The molecule has 0 aliphatic heterocycles. The zero-order valence-corrected chi connectivity index (χ0v) is 14.5. The summed E-state index contributed by atoms with van der Waals surface area (Å²) in [7, 11) is -4.00. The third-order valence-electron chi connectivity index (χ3n) is 3.27. The summed E-state index contributed by atoms with van der Waals surface area (Å²) in [6.07, 6.45) is 1.56. The van der Waals surface area contributed by atoms with Gasteiger partial charge >= 0.3 is 6.03 Å². The monoisotopic (exact) mass is 348 g/mol. The van der Waals surface area contributed by atoms with Gasteiger partial charge in [0.05, 0.1) is 4.90 Å². The number of rotatable bonds is 4. The molecule has 0 atom stereocenters. The number of benzene rings is 1. The number of carbonyl (C=O) groups is 1. The second kappa shape index (κ2) is 6.88. The van der Waals surface area contributed by atoms with Crippen molar-refractivity contribution in [2.45, 2.75) is 31.7 Å². The lowest BCUT2D eigenvalue weighted by Gasteiger charge is -2.13. The quantitative estimate of drug-likeness (QED) is 0.782. The van der Waals surface area contributed by atoms with E-state index in [1.54, 1.807) is 51.2 Å². The molecule has 0 saturated carbocycles. The highest BCUT2D eigenvalue weighted by molar-refractivity contribution is 7.90. The largest absolute Gasteiger partial charge is 0.383 e. The molecule has 0 aliphatic carbocycles. The Balaban J connectivity index is 2.42. The first-order chi connectivity index (χ1) is 11.2. The first-order valence-corrected chi connectivity index (χ1v) is 8.84. The van der Waals surface area contributed by atoms with Crippen LogP contribution < -0.4 is 15.8 Å². The molecule has 128 valence electrons. The van der Waals surface area contributed by atoms with E-state index in [0.717, 1.165) is 0 Å². The summed E-state index contributed by atoms with van der Waals surface area (Å²) >= 11 is 0. The highest BCUT2D eigenvalue weighted by atomic mass is 32.2. The van der Waals surface area contributed by atoms with E-state index in [1.165, 1.54) is 6.07 Å². The van der Waals surface area contributed by atoms with E-state index in [2.05, 4.69) is 10.3 Å². The summed E-state index contributed by atoms with van der Waals surface area (Å²) in [6.45, 7) is 5.14. The molecular formula is C16H20N4O3S. The van der Waals surface area contributed by atoms with Gasteiger partial charge in [0.25, 0.3) is 10.0 Å². The highest BCUT2D eigenvalue weighted by Crippen LogP contribution is 2.27. The van der Waals surface area contributed by atoms with Crippen LogP contribution in [0.4, 0.5) is 10.6 Å². The van der Waals surface area contributed by atoms with Crippen molar-refractivity contribution in [1.29, 1.82) is 0 Å². The summed E-state index contributed by atoms with van der Waals surface area (Å²) in [6, 6.07) is 7.43. The number of nitrogens with one attached hydrogen (secondary N) is 2. The van der Waals surface area contributed by atoms with Crippen LogP contribution in [-0.4, -0.2) is 25.5 Å². The van der Waals surface area contributed by atoms with Crippen molar-refractivity contribution in [3.8, 4) is 11.1 Å². The van der Waals surface area contributed by atoms with Crippen LogP contribution in [0.3, 0.4) is 0 Å². The Morgan fingerprint density at radius 1 is 1.25 bits per heavy atom. The van der Waals surface area contributed by atoms with Crippen molar-refractivity contribution >= 4 is 21.9 Å². The number of nitrogens with two attached hydrogens (primary N) is 1. The Hall–Kier alpha value is -2.61. The van der Waals surface area contributed by atoms with Crippen LogP contribution in [-0.2, 0) is 10.0 Å². The number of sulfonamides is 1. The molecule has 2 aromatic rings. The molecule has 0 saturated heterocycles. The Morgan fingerprint density at radius 2 is 1.96 bits per heavy atom. The fourth-order valence-corrected chi connectivity index (χ4v) is 3.37. The third kappa shape index (κ3) is 4.02. The Morgan fingerprint density at radius 3 is 2.58 bits per heavy atom. The van der Waals surface area contributed by atoms with Gasteiger partial charge in [-0.3, -0.25) is 0 Å². The van der Waals surface area contributed by atoms with Crippen molar-refractivity contribution in [1.82, 2.24) is 15.0 Å². The standard InChI is InChI=1S/C16H20N4O3S/c1-10(2)19-16(21)20-24(22,23)14-9-12(7-6-11(14)3)13-5-4-8-18-15(13)17/h4-10H,1-3H3,(H2,17,18)(H2,19,20,21). The van der Waals surface area contributed by atoms with Gasteiger partial charge < -0.3 is 11.1 Å². The van der Waals surface area contributed by atoms with Crippen LogP contribution in [0.1, 0.15) is 19.4 Å². The number of aryl methyl sites for hydroxylation is 1. The fourth-order valence-electron chi connectivity index (χ4n) is 2.19. The van der Waals surface area contributed by atoms with Gasteiger partial charge in [-0.2, -0.15) is 0 Å². The van der Waals surface area contributed by atoms with E-state index in [1.807, 2.05) is 4.72 Å². The van der Waals surface area contributed by atoms with E-state index in [-0.39, 0.29) is 10.9 Å². The molecule has 0 unspecified atom stereocenters. The molecule has 2 amide bonds. The van der Waals surface area contributed by atoms with Gasteiger partial charge in [0, 0.05) is 17.8 Å². The summed E-state index contributed by atoms with van der Waals surface area (Å²) < 4.78 is 27.0. The van der Waals surface area contributed by atoms with E-state index < -0.39 is 16.1 Å². The second-order valence-electron chi connectivity index (χ2n) is 5.65. The molecule has 4 N–H and O–H groups in total. The van der Waals surface area contributed by atoms with Gasteiger partial charge in [-0.1, -0.05) is 12.1 Å². The lowest BCUT2D eigenvalue weighted by molar-refractivity contribution is 0.243. The number of amides is 2. The van der Waals surface area contributed by atoms with Crippen LogP contribution in [0.15, 0.2) is 41.4 Å². The molecule has 1 heterocycles. The van der Waals surface area contributed by atoms with Crippen LogP contribution in [0.25, 0.3) is 11.1 Å². The van der Waals surface area contributed by atoms with Gasteiger partial charge in [-0.15, -0.1) is 0 Å². The van der Waals surface area contributed by atoms with Crippen LogP contribution in [0.2, 0.25) is 0 Å². The number of anilines is 1. The number of aromatic nitrogens is 1. The minimum absolute atomic E-state index is 0.0159. The average molecular weight is 348 g/mol. The SMILES string of the molecule is Cc1ccc(-c2cccnc2N)cc1S(=O)(=O)NC(=O)NC(C)C. The summed E-state index contributed by atoms with van der Waals surface area (Å²) in [4.78, 5) is 15.7. The number of hydrogen-bond donors (Lipinski definition) is 3. The molecule has 0 radical (unpaired) electrons. The molecule has 0 bridgehead atoms. The number of urea groups is 1. The van der Waals surface area contributed by atoms with E-state index in [9.17, 15) is 13.2 Å². The van der Waals surface area contributed by atoms with Crippen molar-refractivity contribution in [2.24, 2.45) is 0 Å². The van der Waals surface area contributed by atoms with Crippen molar-refractivity contribution in [3.05, 3.63) is 42.1 Å².